The molecule has 0 saturated carbocycles. The lowest BCUT2D eigenvalue weighted by atomic mass is 10.1. The Hall–Kier alpha value is -4.24. The first-order valence-corrected chi connectivity index (χ1v) is 11.1. The summed E-state index contributed by atoms with van der Waals surface area (Å²) in [5.74, 6) is 1.28. The number of hydrogen-bond donors (Lipinski definition) is 1. The smallest absolute Gasteiger partial charge is 0.266 e. The van der Waals surface area contributed by atoms with Gasteiger partial charge in [0.15, 0.2) is 11.5 Å². The molecular formula is C28H28N2O4. The predicted octanol–water partition coefficient (Wildman–Crippen LogP) is 5.92. The maximum Gasteiger partial charge on any atom is 0.266 e. The van der Waals surface area contributed by atoms with Gasteiger partial charge in [-0.05, 0) is 62.2 Å². The SMILES string of the molecule is CCOc1cccc(NC(=O)/C(C#N)=C\c2ccc(OCc3ccc(C)cc3)c(OCC)c2)c1. The third-order valence-corrected chi connectivity index (χ3v) is 4.86. The van der Waals surface area contributed by atoms with E-state index in [-0.39, 0.29) is 5.57 Å². The van der Waals surface area contributed by atoms with E-state index in [1.807, 2.05) is 51.1 Å². The van der Waals surface area contributed by atoms with Crippen molar-refractivity contribution in [2.45, 2.75) is 27.4 Å². The summed E-state index contributed by atoms with van der Waals surface area (Å²) in [6, 6.07) is 22.5. The monoisotopic (exact) mass is 456 g/mol. The van der Waals surface area contributed by atoms with Crippen molar-refractivity contribution in [3.8, 4) is 23.3 Å². The Kier molecular flexibility index (Phi) is 8.70. The third-order valence-electron chi connectivity index (χ3n) is 4.86. The molecule has 1 amide bonds. The molecule has 0 spiro atoms. The first kappa shape index (κ1) is 24.4. The van der Waals surface area contributed by atoms with E-state index in [1.54, 1.807) is 42.5 Å². The number of ether oxygens (including phenoxy) is 3. The Morgan fingerprint density at radius 1 is 0.941 bits per heavy atom. The minimum Gasteiger partial charge on any atom is -0.494 e. The molecule has 3 rings (SSSR count). The number of amides is 1. The van der Waals surface area contributed by atoms with Gasteiger partial charge in [-0.2, -0.15) is 5.26 Å². The van der Waals surface area contributed by atoms with Gasteiger partial charge >= 0.3 is 0 Å². The molecule has 6 nitrogen and oxygen atoms in total. The van der Waals surface area contributed by atoms with Gasteiger partial charge in [-0.3, -0.25) is 4.79 Å². The van der Waals surface area contributed by atoms with E-state index >= 15 is 0 Å². The van der Waals surface area contributed by atoms with Gasteiger partial charge in [0.2, 0.25) is 0 Å². The second kappa shape index (κ2) is 12.1. The van der Waals surface area contributed by atoms with Crippen molar-refractivity contribution >= 4 is 17.7 Å². The molecule has 3 aromatic rings. The van der Waals surface area contributed by atoms with Gasteiger partial charge in [0.25, 0.3) is 5.91 Å². The fourth-order valence-corrected chi connectivity index (χ4v) is 3.19. The van der Waals surface area contributed by atoms with Crippen LogP contribution in [0.2, 0.25) is 0 Å². The molecule has 3 aromatic carbocycles. The molecule has 0 aromatic heterocycles. The lowest BCUT2D eigenvalue weighted by molar-refractivity contribution is -0.112. The van der Waals surface area contributed by atoms with Gasteiger partial charge in [-0.25, -0.2) is 0 Å². The average molecular weight is 457 g/mol. The molecule has 0 aliphatic heterocycles. The van der Waals surface area contributed by atoms with E-state index in [9.17, 15) is 10.1 Å². The fourth-order valence-electron chi connectivity index (χ4n) is 3.19. The highest BCUT2D eigenvalue weighted by Gasteiger charge is 2.12. The number of nitrogens with one attached hydrogen (secondary N) is 1. The fraction of sp³-hybridized carbons (Fsp3) is 0.214. The average Bonchev–Trinajstić information content (AvgIpc) is 2.83. The molecule has 0 saturated heterocycles. The number of anilines is 1. The van der Waals surface area contributed by atoms with E-state index < -0.39 is 5.91 Å². The number of benzene rings is 3. The molecule has 174 valence electrons. The van der Waals surface area contributed by atoms with Crippen LogP contribution in [-0.4, -0.2) is 19.1 Å². The summed E-state index contributed by atoms with van der Waals surface area (Å²) in [4.78, 5) is 12.7. The zero-order valence-electron chi connectivity index (χ0n) is 19.6. The standard InChI is InChI=1S/C28H28N2O4/c1-4-32-25-8-6-7-24(17-25)30-28(31)23(18-29)15-22-13-14-26(27(16-22)33-5-2)34-19-21-11-9-20(3)10-12-21/h6-17H,4-5,19H2,1-3H3,(H,30,31)/b23-15-. The van der Waals surface area contributed by atoms with Crippen molar-refractivity contribution < 1.29 is 19.0 Å². The molecule has 0 aliphatic carbocycles. The van der Waals surface area contributed by atoms with Gasteiger partial charge in [-0.1, -0.05) is 42.0 Å². The number of carbonyl (C=O) groups is 1. The van der Waals surface area contributed by atoms with Crippen molar-refractivity contribution in [2.24, 2.45) is 0 Å². The van der Waals surface area contributed by atoms with Crippen LogP contribution in [0.5, 0.6) is 17.2 Å². The first-order chi connectivity index (χ1) is 16.5. The second-order valence-corrected chi connectivity index (χ2v) is 7.50. The van der Waals surface area contributed by atoms with Crippen LogP contribution in [0.15, 0.2) is 72.3 Å². The van der Waals surface area contributed by atoms with E-state index in [2.05, 4.69) is 5.32 Å². The summed E-state index contributed by atoms with van der Waals surface area (Å²) in [5, 5.41) is 12.3. The van der Waals surface area contributed by atoms with Crippen molar-refractivity contribution in [2.75, 3.05) is 18.5 Å². The van der Waals surface area contributed by atoms with E-state index in [4.69, 9.17) is 14.2 Å². The number of nitriles is 1. The van der Waals surface area contributed by atoms with Crippen molar-refractivity contribution in [1.82, 2.24) is 0 Å². The molecule has 1 N–H and O–H groups in total. The largest absolute Gasteiger partial charge is 0.494 e. The Morgan fingerprint density at radius 3 is 2.41 bits per heavy atom. The summed E-state index contributed by atoms with van der Waals surface area (Å²) in [6.45, 7) is 7.19. The van der Waals surface area contributed by atoms with Gasteiger partial charge in [0.1, 0.15) is 24.0 Å². The normalized spacial score (nSPS) is 10.8. The van der Waals surface area contributed by atoms with Gasteiger partial charge in [-0.15, -0.1) is 0 Å². The van der Waals surface area contributed by atoms with Crippen molar-refractivity contribution in [1.29, 1.82) is 5.26 Å². The Balaban J connectivity index is 1.76. The van der Waals surface area contributed by atoms with Gasteiger partial charge < -0.3 is 19.5 Å². The number of carbonyl (C=O) groups excluding carboxylic acids is 1. The van der Waals surface area contributed by atoms with Crippen LogP contribution in [0.4, 0.5) is 5.69 Å². The lowest BCUT2D eigenvalue weighted by Crippen LogP contribution is -2.13. The number of rotatable bonds is 10. The molecule has 0 bridgehead atoms. The minimum atomic E-state index is -0.506. The number of nitrogens with zero attached hydrogens (tertiary/aromatic N) is 1. The van der Waals surface area contributed by atoms with Crippen molar-refractivity contribution in [3.63, 3.8) is 0 Å². The van der Waals surface area contributed by atoms with E-state index in [0.29, 0.717) is 48.3 Å². The van der Waals surface area contributed by atoms with Crippen molar-refractivity contribution in [3.05, 3.63) is 89.0 Å². The zero-order chi connectivity index (χ0) is 24.3. The number of hydrogen-bond acceptors (Lipinski definition) is 5. The first-order valence-electron chi connectivity index (χ1n) is 11.1. The lowest BCUT2D eigenvalue weighted by Gasteiger charge is -2.13. The summed E-state index contributed by atoms with van der Waals surface area (Å²) in [6.07, 6.45) is 1.52. The highest BCUT2D eigenvalue weighted by molar-refractivity contribution is 6.09. The summed E-state index contributed by atoms with van der Waals surface area (Å²) >= 11 is 0. The quantitative estimate of drug-likeness (QED) is 0.303. The molecule has 6 heteroatoms. The molecule has 34 heavy (non-hydrogen) atoms. The molecular weight excluding hydrogens is 428 g/mol. The van der Waals surface area contributed by atoms with Crippen LogP contribution in [0.3, 0.4) is 0 Å². The maximum absolute atomic E-state index is 12.7. The topological polar surface area (TPSA) is 80.6 Å². The Labute approximate surface area is 200 Å². The molecule has 0 aliphatic rings. The highest BCUT2D eigenvalue weighted by atomic mass is 16.5. The second-order valence-electron chi connectivity index (χ2n) is 7.50. The summed E-state index contributed by atoms with van der Waals surface area (Å²) in [5.41, 5.74) is 3.41. The van der Waals surface area contributed by atoms with Gasteiger partial charge in [0, 0.05) is 11.8 Å². The van der Waals surface area contributed by atoms with Gasteiger partial charge in [0.05, 0.1) is 13.2 Å². The highest BCUT2D eigenvalue weighted by Crippen LogP contribution is 2.30. The molecule has 0 atom stereocenters. The van der Waals surface area contributed by atoms with Crippen LogP contribution in [0.25, 0.3) is 6.08 Å². The molecule has 0 radical (unpaired) electrons. The summed E-state index contributed by atoms with van der Waals surface area (Å²) in [7, 11) is 0. The molecule has 0 unspecified atom stereocenters. The minimum absolute atomic E-state index is 0.0300. The van der Waals surface area contributed by atoms with Crippen LogP contribution >= 0.6 is 0 Å². The zero-order valence-corrected chi connectivity index (χ0v) is 19.6. The van der Waals surface area contributed by atoms with Crippen LogP contribution in [-0.2, 0) is 11.4 Å². The van der Waals surface area contributed by atoms with Crippen LogP contribution in [0, 0.1) is 18.3 Å². The summed E-state index contributed by atoms with van der Waals surface area (Å²) < 4.78 is 17.2. The third kappa shape index (κ3) is 6.88. The van der Waals surface area contributed by atoms with Crippen LogP contribution < -0.4 is 19.5 Å². The van der Waals surface area contributed by atoms with E-state index in [0.717, 1.165) is 5.56 Å². The predicted molar refractivity (Wildman–Crippen MR) is 133 cm³/mol. The Morgan fingerprint density at radius 2 is 1.71 bits per heavy atom. The molecule has 0 heterocycles. The number of aryl methyl sites for hydroxylation is 1. The Bertz CT molecular complexity index is 1190. The van der Waals surface area contributed by atoms with E-state index in [1.165, 1.54) is 11.6 Å². The molecule has 0 fully saturated rings. The van der Waals surface area contributed by atoms with Crippen LogP contribution in [0.1, 0.15) is 30.5 Å². The maximum atomic E-state index is 12.7.